The molecule has 0 heterocycles. The zero-order valence-electron chi connectivity index (χ0n) is 4.78. The van der Waals surface area contributed by atoms with Gasteiger partial charge >= 0.3 is 0 Å². The van der Waals surface area contributed by atoms with E-state index in [0.717, 1.165) is 19.3 Å². The molecule has 0 aromatic carbocycles. The molecule has 7 heavy (non-hydrogen) atoms. The molecule has 0 saturated carbocycles. The molecule has 0 aliphatic heterocycles. The molecule has 0 aliphatic rings. The van der Waals surface area contributed by atoms with Gasteiger partial charge in [0.2, 0.25) is 0 Å². The monoisotopic (exact) mass is 100 g/mol. The van der Waals surface area contributed by atoms with Crippen LogP contribution in [-0.4, -0.2) is 5.11 Å². The van der Waals surface area contributed by atoms with Crippen LogP contribution in [-0.2, 0) is 0 Å². The SMILES string of the molecule is C=C(O)CCCC. The fourth-order valence-electron chi connectivity index (χ4n) is 0.381. The maximum absolute atomic E-state index is 8.49. The summed E-state index contributed by atoms with van der Waals surface area (Å²) in [6.45, 7) is 5.43. The van der Waals surface area contributed by atoms with Gasteiger partial charge in [-0.15, -0.1) is 0 Å². The maximum Gasteiger partial charge on any atom is 0.0851 e. The van der Waals surface area contributed by atoms with Gasteiger partial charge in [0.05, 0.1) is 5.76 Å². The molecule has 0 amide bonds. The Morgan fingerprint density at radius 3 is 2.43 bits per heavy atom. The van der Waals surface area contributed by atoms with Crippen LogP contribution in [0.25, 0.3) is 0 Å². The molecule has 0 saturated heterocycles. The lowest BCUT2D eigenvalue weighted by atomic mass is 10.2. The van der Waals surface area contributed by atoms with Crippen LogP contribution < -0.4 is 0 Å². The lowest BCUT2D eigenvalue weighted by Crippen LogP contribution is -1.75. The average Bonchev–Trinajstić information content (AvgIpc) is 1.61. The van der Waals surface area contributed by atoms with Crippen molar-refractivity contribution in [2.45, 2.75) is 26.2 Å². The van der Waals surface area contributed by atoms with Crippen molar-refractivity contribution in [2.75, 3.05) is 0 Å². The zero-order chi connectivity index (χ0) is 5.70. The Bertz CT molecular complexity index is 57.2. The molecule has 0 rings (SSSR count). The van der Waals surface area contributed by atoms with Gasteiger partial charge in [-0.3, -0.25) is 0 Å². The molecule has 0 aromatic heterocycles. The first kappa shape index (κ1) is 6.54. The van der Waals surface area contributed by atoms with E-state index < -0.39 is 0 Å². The number of rotatable bonds is 3. The highest BCUT2D eigenvalue weighted by atomic mass is 16.3. The van der Waals surface area contributed by atoms with E-state index in [1.807, 2.05) is 0 Å². The Morgan fingerprint density at radius 2 is 2.29 bits per heavy atom. The molecule has 0 atom stereocenters. The van der Waals surface area contributed by atoms with Gasteiger partial charge in [-0.05, 0) is 6.42 Å². The van der Waals surface area contributed by atoms with Crippen molar-refractivity contribution in [3.8, 4) is 0 Å². The first-order chi connectivity index (χ1) is 3.27. The third-order valence-electron chi connectivity index (χ3n) is 0.819. The Balaban J connectivity index is 2.82. The van der Waals surface area contributed by atoms with Crippen LogP contribution in [0.5, 0.6) is 0 Å². The summed E-state index contributed by atoms with van der Waals surface area (Å²) in [6, 6.07) is 0. The predicted octanol–water partition coefficient (Wildman–Crippen LogP) is 2.25. The van der Waals surface area contributed by atoms with Crippen LogP contribution in [0.1, 0.15) is 26.2 Å². The van der Waals surface area contributed by atoms with E-state index in [1.165, 1.54) is 0 Å². The first-order valence-electron chi connectivity index (χ1n) is 2.64. The Kier molecular flexibility index (Phi) is 3.48. The van der Waals surface area contributed by atoms with E-state index in [0.29, 0.717) is 5.76 Å². The molecule has 1 heteroatoms. The van der Waals surface area contributed by atoms with Crippen LogP contribution in [0.3, 0.4) is 0 Å². The van der Waals surface area contributed by atoms with Gasteiger partial charge in [0, 0.05) is 6.42 Å². The summed E-state index contributed by atoms with van der Waals surface area (Å²) in [7, 11) is 0. The molecule has 0 spiro atoms. The van der Waals surface area contributed by atoms with Gasteiger partial charge in [-0.25, -0.2) is 0 Å². The highest BCUT2D eigenvalue weighted by Crippen LogP contribution is 1.99. The standard InChI is InChI=1S/C6H12O/c1-3-4-5-6(2)7/h7H,2-5H2,1H3. The van der Waals surface area contributed by atoms with Crippen LogP contribution in [0.15, 0.2) is 12.3 Å². The Hall–Kier alpha value is -0.460. The second-order valence-electron chi connectivity index (χ2n) is 1.67. The lowest BCUT2D eigenvalue weighted by Gasteiger charge is -1.91. The van der Waals surface area contributed by atoms with Gasteiger partial charge in [0.15, 0.2) is 0 Å². The molecular formula is C6H12O. The minimum absolute atomic E-state index is 0.307. The largest absolute Gasteiger partial charge is 0.513 e. The van der Waals surface area contributed by atoms with Crippen LogP contribution in [0, 0.1) is 0 Å². The minimum atomic E-state index is 0.307. The molecule has 0 bridgehead atoms. The summed E-state index contributed by atoms with van der Waals surface area (Å²) < 4.78 is 0. The normalized spacial score (nSPS) is 8.71. The molecule has 0 unspecified atom stereocenters. The summed E-state index contributed by atoms with van der Waals surface area (Å²) in [4.78, 5) is 0. The Morgan fingerprint density at radius 1 is 1.71 bits per heavy atom. The maximum atomic E-state index is 8.49. The second-order valence-corrected chi connectivity index (χ2v) is 1.67. The van der Waals surface area contributed by atoms with E-state index in [4.69, 9.17) is 5.11 Å². The number of allylic oxidation sites excluding steroid dienone is 1. The lowest BCUT2D eigenvalue weighted by molar-refractivity contribution is 0.386. The fourth-order valence-corrected chi connectivity index (χ4v) is 0.381. The number of unbranched alkanes of at least 4 members (excludes halogenated alkanes) is 1. The number of aliphatic hydroxyl groups excluding tert-OH is 1. The van der Waals surface area contributed by atoms with Gasteiger partial charge in [-0.1, -0.05) is 19.9 Å². The summed E-state index contributed by atoms with van der Waals surface area (Å²) in [5.74, 6) is 0.307. The van der Waals surface area contributed by atoms with E-state index in [2.05, 4.69) is 13.5 Å². The molecular weight excluding hydrogens is 88.1 g/mol. The van der Waals surface area contributed by atoms with E-state index >= 15 is 0 Å². The van der Waals surface area contributed by atoms with Crippen LogP contribution in [0.2, 0.25) is 0 Å². The van der Waals surface area contributed by atoms with Crippen molar-refractivity contribution in [3.05, 3.63) is 12.3 Å². The van der Waals surface area contributed by atoms with Gasteiger partial charge in [0.1, 0.15) is 0 Å². The quantitative estimate of drug-likeness (QED) is 0.539. The topological polar surface area (TPSA) is 20.2 Å². The third kappa shape index (κ3) is 5.54. The van der Waals surface area contributed by atoms with E-state index in [-0.39, 0.29) is 0 Å². The second kappa shape index (κ2) is 3.72. The molecule has 1 N–H and O–H groups in total. The summed E-state index contributed by atoms with van der Waals surface area (Å²) >= 11 is 0. The molecule has 0 aliphatic carbocycles. The van der Waals surface area contributed by atoms with Crippen molar-refractivity contribution in [3.63, 3.8) is 0 Å². The molecule has 0 radical (unpaired) electrons. The predicted molar refractivity (Wildman–Crippen MR) is 31.3 cm³/mol. The highest BCUT2D eigenvalue weighted by Gasteiger charge is 1.83. The van der Waals surface area contributed by atoms with Crippen molar-refractivity contribution < 1.29 is 5.11 Å². The van der Waals surface area contributed by atoms with Gasteiger partial charge in [0.25, 0.3) is 0 Å². The molecule has 0 fully saturated rings. The summed E-state index contributed by atoms with van der Waals surface area (Å²) in [6.07, 6.45) is 2.94. The smallest absolute Gasteiger partial charge is 0.0851 e. The van der Waals surface area contributed by atoms with Gasteiger partial charge in [-0.2, -0.15) is 0 Å². The van der Waals surface area contributed by atoms with Crippen LogP contribution >= 0.6 is 0 Å². The highest BCUT2D eigenvalue weighted by molar-refractivity contribution is 4.77. The van der Waals surface area contributed by atoms with E-state index in [1.54, 1.807) is 0 Å². The van der Waals surface area contributed by atoms with Crippen LogP contribution in [0.4, 0.5) is 0 Å². The third-order valence-corrected chi connectivity index (χ3v) is 0.819. The minimum Gasteiger partial charge on any atom is -0.513 e. The molecule has 42 valence electrons. The van der Waals surface area contributed by atoms with E-state index in [9.17, 15) is 0 Å². The first-order valence-corrected chi connectivity index (χ1v) is 2.64. The van der Waals surface area contributed by atoms with Crippen molar-refractivity contribution in [2.24, 2.45) is 0 Å². The number of hydrogen-bond donors (Lipinski definition) is 1. The molecule has 0 aromatic rings. The zero-order valence-corrected chi connectivity index (χ0v) is 4.78. The number of hydrogen-bond acceptors (Lipinski definition) is 1. The number of aliphatic hydroxyl groups is 1. The van der Waals surface area contributed by atoms with Crippen molar-refractivity contribution in [1.29, 1.82) is 0 Å². The van der Waals surface area contributed by atoms with Crippen molar-refractivity contribution >= 4 is 0 Å². The Labute approximate surface area is 44.7 Å². The summed E-state index contributed by atoms with van der Waals surface area (Å²) in [5, 5.41) is 8.49. The summed E-state index contributed by atoms with van der Waals surface area (Å²) in [5.41, 5.74) is 0. The molecule has 1 nitrogen and oxygen atoms in total. The average molecular weight is 100 g/mol. The van der Waals surface area contributed by atoms with Crippen molar-refractivity contribution in [1.82, 2.24) is 0 Å². The van der Waals surface area contributed by atoms with Gasteiger partial charge < -0.3 is 5.11 Å². The fraction of sp³-hybridized carbons (Fsp3) is 0.667.